The van der Waals surface area contributed by atoms with Crippen LogP contribution in [0.2, 0.25) is 0 Å². The predicted molar refractivity (Wildman–Crippen MR) is 88.0 cm³/mol. The fourth-order valence-corrected chi connectivity index (χ4v) is 3.77. The first-order chi connectivity index (χ1) is 10.6. The fraction of sp³-hybridized carbons (Fsp3) is 0.625. The number of hydrogen-bond donors (Lipinski definition) is 1. The maximum absolute atomic E-state index is 12.6. The van der Waals surface area contributed by atoms with E-state index in [2.05, 4.69) is 12.2 Å². The number of furan rings is 1. The first-order valence-electron chi connectivity index (χ1n) is 7.85. The summed E-state index contributed by atoms with van der Waals surface area (Å²) >= 11 is 1.92. The van der Waals surface area contributed by atoms with Crippen molar-refractivity contribution in [2.45, 2.75) is 44.4 Å². The molecule has 0 aliphatic carbocycles. The van der Waals surface area contributed by atoms with E-state index in [9.17, 15) is 9.59 Å². The van der Waals surface area contributed by atoms with Crippen LogP contribution < -0.4 is 5.32 Å². The zero-order chi connectivity index (χ0) is 15.9. The largest absolute Gasteiger partial charge is 0.472 e. The Hall–Kier alpha value is -1.43. The summed E-state index contributed by atoms with van der Waals surface area (Å²) < 4.78 is 4.89. The van der Waals surface area contributed by atoms with Crippen LogP contribution in [0.1, 0.15) is 43.5 Å². The minimum absolute atomic E-state index is 0.000415. The molecule has 0 spiro atoms. The number of likely N-dealkylation sites (tertiary alicyclic amines) is 1. The van der Waals surface area contributed by atoms with Crippen molar-refractivity contribution in [2.24, 2.45) is 0 Å². The summed E-state index contributed by atoms with van der Waals surface area (Å²) in [5.74, 6) is 0.795. The van der Waals surface area contributed by atoms with Crippen LogP contribution in [0.5, 0.6) is 0 Å². The van der Waals surface area contributed by atoms with Gasteiger partial charge in [0.15, 0.2) is 0 Å². The van der Waals surface area contributed by atoms with Gasteiger partial charge in [-0.2, -0.15) is 11.8 Å². The van der Waals surface area contributed by atoms with E-state index >= 15 is 0 Å². The van der Waals surface area contributed by atoms with Crippen LogP contribution in [0.15, 0.2) is 23.0 Å². The van der Waals surface area contributed by atoms with Gasteiger partial charge >= 0.3 is 0 Å². The number of carbonyl (C=O) groups is 2. The normalized spacial score (nSPS) is 20.3. The van der Waals surface area contributed by atoms with Gasteiger partial charge in [0.1, 0.15) is 12.3 Å². The average Bonchev–Trinajstić information content (AvgIpc) is 2.94. The molecular formula is C16H24N2O3S. The maximum Gasteiger partial charge on any atom is 0.255 e. The number of thioether (sulfide) groups is 1. The summed E-state index contributed by atoms with van der Waals surface area (Å²) in [6.07, 6.45) is 6.19. The number of rotatable bonds is 5. The van der Waals surface area contributed by atoms with Gasteiger partial charge in [-0.25, -0.2) is 0 Å². The number of hydrogen-bond acceptors (Lipinski definition) is 4. The Labute approximate surface area is 135 Å². The maximum atomic E-state index is 12.6. The Bertz CT molecular complexity index is 490. The van der Waals surface area contributed by atoms with E-state index in [1.165, 1.54) is 12.5 Å². The summed E-state index contributed by atoms with van der Waals surface area (Å²) in [7, 11) is 0. The summed E-state index contributed by atoms with van der Waals surface area (Å²) in [6, 6.07) is 1.07. The second-order valence-electron chi connectivity index (χ2n) is 5.56. The standard InChI is InChI=1S/C16H24N2O3S/c1-3-22-14-6-4-5-8-18(10-14)16(20)12(2)17-15(19)13-7-9-21-11-13/h7,9,11-12,14H,3-6,8,10H2,1-2H3,(H,17,19)/t12-,14+/m1/s1. The zero-order valence-corrected chi connectivity index (χ0v) is 14.0. The molecule has 1 N–H and O–H groups in total. The molecule has 22 heavy (non-hydrogen) atoms. The Balaban J connectivity index is 1.92. The lowest BCUT2D eigenvalue weighted by Gasteiger charge is -2.27. The first-order valence-corrected chi connectivity index (χ1v) is 8.90. The third-order valence-corrected chi connectivity index (χ3v) is 5.03. The molecule has 1 aliphatic heterocycles. The molecular weight excluding hydrogens is 300 g/mol. The lowest BCUT2D eigenvalue weighted by Crippen LogP contribution is -2.48. The summed E-state index contributed by atoms with van der Waals surface area (Å²) in [4.78, 5) is 26.5. The smallest absolute Gasteiger partial charge is 0.255 e. The highest BCUT2D eigenvalue weighted by atomic mass is 32.2. The molecule has 0 bridgehead atoms. The quantitative estimate of drug-likeness (QED) is 0.904. The molecule has 0 radical (unpaired) electrons. The summed E-state index contributed by atoms with van der Waals surface area (Å²) in [5, 5.41) is 3.26. The molecule has 5 nitrogen and oxygen atoms in total. The second kappa shape index (κ2) is 8.27. The van der Waals surface area contributed by atoms with E-state index in [-0.39, 0.29) is 11.8 Å². The third kappa shape index (κ3) is 4.53. The molecule has 0 saturated carbocycles. The van der Waals surface area contributed by atoms with Gasteiger partial charge in [0.05, 0.1) is 11.8 Å². The molecule has 2 rings (SSSR count). The van der Waals surface area contributed by atoms with Crippen LogP contribution in [0.25, 0.3) is 0 Å². The minimum Gasteiger partial charge on any atom is -0.472 e. The molecule has 2 atom stereocenters. The van der Waals surface area contributed by atoms with Crippen LogP contribution in [0.4, 0.5) is 0 Å². The van der Waals surface area contributed by atoms with E-state index in [4.69, 9.17) is 4.42 Å². The summed E-state index contributed by atoms with van der Waals surface area (Å²) in [5.41, 5.74) is 0.440. The van der Waals surface area contributed by atoms with E-state index in [1.807, 2.05) is 16.7 Å². The van der Waals surface area contributed by atoms with Gasteiger partial charge < -0.3 is 14.6 Å². The number of nitrogens with one attached hydrogen (secondary N) is 1. The van der Waals surface area contributed by atoms with Crippen molar-refractivity contribution in [3.05, 3.63) is 24.2 Å². The fourth-order valence-electron chi connectivity index (χ4n) is 2.68. The van der Waals surface area contributed by atoms with Gasteiger partial charge in [-0.05, 0) is 31.6 Å². The van der Waals surface area contributed by atoms with Gasteiger partial charge in [-0.1, -0.05) is 13.3 Å². The zero-order valence-electron chi connectivity index (χ0n) is 13.2. The molecule has 2 amide bonds. The molecule has 2 heterocycles. The SMILES string of the molecule is CCS[C@H]1CCCCN(C(=O)[C@@H](C)NC(=O)c2ccoc2)C1. The average molecular weight is 324 g/mol. The van der Waals surface area contributed by atoms with Crippen molar-refractivity contribution < 1.29 is 14.0 Å². The highest BCUT2D eigenvalue weighted by Gasteiger charge is 2.26. The number of nitrogens with zero attached hydrogens (tertiary/aromatic N) is 1. The molecule has 1 fully saturated rings. The van der Waals surface area contributed by atoms with Crippen molar-refractivity contribution in [1.82, 2.24) is 10.2 Å². The Morgan fingerprint density at radius 2 is 2.32 bits per heavy atom. The lowest BCUT2D eigenvalue weighted by atomic mass is 10.2. The van der Waals surface area contributed by atoms with Gasteiger partial charge in [0.25, 0.3) is 5.91 Å². The Morgan fingerprint density at radius 1 is 1.50 bits per heavy atom. The number of carbonyl (C=O) groups excluding carboxylic acids is 2. The third-order valence-electron chi connectivity index (χ3n) is 3.84. The minimum atomic E-state index is -0.521. The van der Waals surface area contributed by atoms with Gasteiger partial charge in [-0.3, -0.25) is 9.59 Å². The van der Waals surface area contributed by atoms with Crippen molar-refractivity contribution in [3.8, 4) is 0 Å². The van der Waals surface area contributed by atoms with Crippen LogP contribution in [0.3, 0.4) is 0 Å². The van der Waals surface area contributed by atoms with Gasteiger partial charge in [0, 0.05) is 18.3 Å². The Kier molecular flexibility index (Phi) is 6.36. The van der Waals surface area contributed by atoms with Crippen LogP contribution in [0, 0.1) is 0 Å². The van der Waals surface area contributed by atoms with Gasteiger partial charge in [0.2, 0.25) is 5.91 Å². The van der Waals surface area contributed by atoms with Crippen LogP contribution in [-0.4, -0.2) is 46.8 Å². The molecule has 6 heteroatoms. The van der Waals surface area contributed by atoms with Crippen LogP contribution in [-0.2, 0) is 4.79 Å². The van der Waals surface area contributed by atoms with E-state index in [0.29, 0.717) is 10.8 Å². The van der Waals surface area contributed by atoms with Crippen molar-refractivity contribution in [3.63, 3.8) is 0 Å². The van der Waals surface area contributed by atoms with Crippen molar-refractivity contribution in [1.29, 1.82) is 0 Å². The molecule has 1 aliphatic rings. The highest BCUT2D eigenvalue weighted by molar-refractivity contribution is 7.99. The van der Waals surface area contributed by atoms with Crippen molar-refractivity contribution in [2.75, 3.05) is 18.8 Å². The van der Waals surface area contributed by atoms with Crippen LogP contribution >= 0.6 is 11.8 Å². The molecule has 0 aromatic carbocycles. The van der Waals surface area contributed by atoms with E-state index < -0.39 is 6.04 Å². The first kappa shape index (κ1) is 16.9. The lowest BCUT2D eigenvalue weighted by molar-refractivity contribution is -0.132. The summed E-state index contributed by atoms with van der Waals surface area (Å²) in [6.45, 7) is 5.46. The second-order valence-corrected chi connectivity index (χ2v) is 7.14. The number of amides is 2. The van der Waals surface area contributed by atoms with E-state index in [0.717, 1.165) is 38.1 Å². The van der Waals surface area contributed by atoms with E-state index in [1.54, 1.807) is 13.0 Å². The molecule has 122 valence electrons. The topological polar surface area (TPSA) is 62.6 Å². The monoisotopic (exact) mass is 324 g/mol. The molecule has 1 aromatic heterocycles. The molecule has 1 saturated heterocycles. The molecule has 0 unspecified atom stereocenters. The Morgan fingerprint density at radius 3 is 3.00 bits per heavy atom. The van der Waals surface area contributed by atoms with Crippen molar-refractivity contribution >= 4 is 23.6 Å². The van der Waals surface area contributed by atoms with Gasteiger partial charge in [-0.15, -0.1) is 0 Å². The predicted octanol–water partition coefficient (Wildman–Crippen LogP) is 2.53. The molecule has 1 aromatic rings. The highest BCUT2D eigenvalue weighted by Crippen LogP contribution is 2.22.